The van der Waals surface area contributed by atoms with E-state index >= 15 is 0 Å². The lowest BCUT2D eigenvalue weighted by Crippen LogP contribution is -2.32. The first-order chi connectivity index (χ1) is 15.7. The monoisotopic (exact) mass is 485 g/mol. The van der Waals surface area contributed by atoms with Crippen LogP contribution in [0.15, 0.2) is 58.9 Å². The fourth-order valence-corrected chi connectivity index (χ4v) is 6.30. The second-order valence-electron chi connectivity index (χ2n) is 7.94. The molecule has 1 aliphatic rings. The van der Waals surface area contributed by atoms with E-state index in [9.17, 15) is 18.0 Å². The predicted octanol–water partition coefficient (Wildman–Crippen LogP) is 3.62. The van der Waals surface area contributed by atoms with Crippen LogP contribution in [0.3, 0.4) is 0 Å². The van der Waals surface area contributed by atoms with Crippen molar-refractivity contribution in [1.29, 1.82) is 0 Å². The number of fused-ring (bicyclic) bond motifs is 1. The van der Waals surface area contributed by atoms with E-state index in [2.05, 4.69) is 9.71 Å². The normalized spacial score (nSPS) is 14.6. The fraction of sp³-hybridized carbons (Fsp3) is 0.261. The number of benzene rings is 1. The van der Waals surface area contributed by atoms with Crippen LogP contribution in [0.5, 0.6) is 5.75 Å². The van der Waals surface area contributed by atoms with Crippen molar-refractivity contribution in [3.63, 3.8) is 0 Å². The number of pyridine rings is 1. The lowest BCUT2D eigenvalue weighted by atomic mass is 10.0. The quantitative estimate of drug-likeness (QED) is 0.489. The lowest BCUT2D eigenvalue weighted by Gasteiger charge is -2.22. The first-order valence-corrected chi connectivity index (χ1v) is 12.6. The second-order valence-corrected chi connectivity index (χ2v) is 10.6. The van der Waals surface area contributed by atoms with E-state index in [0.717, 1.165) is 9.78 Å². The SMILES string of the molecule is COc1ccc(CN2C(=O)c3cccnc3C2=O)cc1S(=O)(=O)N[C@H](c1cccs1)C(C)C. The minimum absolute atomic E-state index is 0.0125. The molecule has 3 heterocycles. The minimum Gasteiger partial charge on any atom is -0.495 e. The molecule has 172 valence electrons. The number of hydrogen-bond acceptors (Lipinski definition) is 7. The summed E-state index contributed by atoms with van der Waals surface area (Å²) in [5.41, 5.74) is 0.811. The first-order valence-electron chi connectivity index (χ1n) is 10.3. The highest BCUT2D eigenvalue weighted by molar-refractivity contribution is 7.89. The summed E-state index contributed by atoms with van der Waals surface area (Å²) in [6, 6.07) is 11.1. The Kier molecular flexibility index (Phi) is 6.33. The summed E-state index contributed by atoms with van der Waals surface area (Å²) in [6.45, 7) is 3.80. The van der Waals surface area contributed by atoms with Gasteiger partial charge in [-0.1, -0.05) is 26.0 Å². The Labute approximate surface area is 196 Å². The molecule has 3 aromatic rings. The van der Waals surface area contributed by atoms with Gasteiger partial charge in [-0.05, 0) is 47.2 Å². The van der Waals surface area contributed by atoms with Crippen molar-refractivity contribution in [3.05, 3.63) is 75.7 Å². The summed E-state index contributed by atoms with van der Waals surface area (Å²) in [4.78, 5) is 31.2. The number of sulfonamides is 1. The molecular weight excluding hydrogens is 462 g/mol. The third-order valence-electron chi connectivity index (χ3n) is 5.39. The number of ether oxygens (including phenoxy) is 1. The Morgan fingerprint density at radius 3 is 2.55 bits per heavy atom. The number of imide groups is 1. The van der Waals surface area contributed by atoms with Crippen LogP contribution in [0.4, 0.5) is 0 Å². The number of methoxy groups -OCH3 is 1. The van der Waals surface area contributed by atoms with Crippen LogP contribution in [0.25, 0.3) is 0 Å². The molecule has 0 bridgehead atoms. The molecule has 33 heavy (non-hydrogen) atoms. The molecule has 4 rings (SSSR count). The van der Waals surface area contributed by atoms with Crippen molar-refractivity contribution in [2.75, 3.05) is 7.11 Å². The number of aromatic nitrogens is 1. The Balaban J connectivity index is 1.65. The molecule has 10 heteroatoms. The van der Waals surface area contributed by atoms with Crippen LogP contribution < -0.4 is 9.46 Å². The smallest absolute Gasteiger partial charge is 0.280 e. The molecule has 2 amide bonds. The van der Waals surface area contributed by atoms with E-state index in [1.54, 1.807) is 18.2 Å². The molecule has 0 saturated carbocycles. The van der Waals surface area contributed by atoms with Crippen molar-refractivity contribution in [1.82, 2.24) is 14.6 Å². The molecule has 0 fully saturated rings. The Morgan fingerprint density at radius 2 is 1.91 bits per heavy atom. The predicted molar refractivity (Wildman–Crippen MR) is 124 cm³/mol. The van der Waals surface area contributed by atoms with Crippen molar-refractivity contribution >= 4 is 33.2 Å². The maximum Gasteiger partial charge on any atom is 0.280 e. The second kappa shape index (κ2) is 9.05. The van der Waals surface area contributed by atoms with E-state index in [1.807, 2.05) is 31.4 Å². The number of carbonyl (C=O) groups is 2. The molecule has 2 aromatic heterocycles. The number of rotatable bonds is 8. The zero-order chi connectivity index (χ0) is 23.8. The summed E-state index contributed by atoms with van der Waals surface area (Å²) >= 11 is 1.48. The average Bonchev–Trinajstić information content (AvgIpc) is 3.41. The third kappa shape index (κ3) is 4.41. The van der Waals surface area contributed by atoms with E-state index < -0.39 is 27.9 Å². The zero-order valence-electron chi connectivity index (χ0n) is 18.3. The van der Waals surface area contributed by atoms with Gasteiger partial charge in [-0.15, -0.1) is 11.3 Å². The number of nitrogens with zero attached hydrogens (tertiary/aromatic N) is 2. The summed E-state index contributed by atoms with van der Waals surface area (Å²) < 4.78 is 34.8. The van der Waals surface area contributed by atoms with Crippen LogP contribution in [0.1, 0.15) is 51.2 Å². The minimum atomic E-state index is -3.98. The maximum atomic E-state index is 13.4. The highest BCUT2D eigenvalue weighted by Gasteiger charge is 2.37. The summed E-state index contributed by atoms with van der Waals surface area (Å²) in [7, 11) is -2.59. The Morgan fingerprint density at radius 1 is 1.12 bits per heavy atom. The van der Waals surface area contributed by atoms with Crippen LogP contribution in [0.2, 0.25) is 0 Å². The highest BCUT2D eigenvalue weighted by atomic mass is 32.2. The van der Waals surface area contributed by atoms with E-state index in [0.29, 0.717) is 5.56 Å². The summed E-state index contributed by atoms with van der Waals surface area (Å²) in [6.07, 6.45) is 1.45. The van der Waals surface area contributed by atoms with Gasteiger partial charge in [0.05, 0.1) is 25.3 Å². The van der Waals surface area contributed by atoms with Crippen LogP contribution in [0, 0.1) is 5.92 Å². The van der Waals surface area contributed by atoms with Crippen molar-refractivity contribution in [3.8, 4) is 5.75 Å². The zero-order valence-corrected chi connectivity index (χ0v) is 19.9. The van der Waals surface area contributed by atoms with E-state index in [1.165, 1.54) is 36.8 Å². The molecule has 1 atom stereocenters. The average molecular weight is 486 g/mol. The van der Waals surface area contributed by atoms with Gasteiger partial charge in [0.2, 0.25) is 10.0 Å². The summed E-state index contributed by atoms with van der Waals surface area (Å²) in [5.74, 6) is -0.784. The molecule has 0 unspecified atom stereocenters. The third-order valence-corrected chi connectivity index (χ3v) is 7.81. The van der Waals surface area contributed by atoms with Gasteiger partial charge < -0.3 is 4.74 Å². The summed E-state index contributed by atoms with van der Waals surface area (Å²) in [5, 5.41) is 1.90. The first kappa shape index (κ1) is 23.1. The molecule has 1 aromatic carbocycles. The van der Waals surface area contributed by atoms with Crippen LogP contribution in [-0.4, -0.2) is 37.2 Å². The van der Waals surface area contributed by atoms with Crippen molar-refractivity contribution < 1.29 is 22.7 Å². The van der Waals surface area contributed by atoms with E-state index in [-0.39, 0.29) is 34.4 Å². The molecule has 8 nitrogen and oxygen atoms in total. The fourth-order valence-electron chi connectivity index (χ4n) is 3.69. The van der Waals surface area contributed by atoms with Crippen molar-refractivity contribution in [2.45, 2.75) is 31.3 Å². The topological polar surface area (TPSA) is 106 Å². The molecule has 0 aliphatic carbocycles. The number of thiophene rings is 1. The lowest BCUT2D eigenvalue weighted by molar-refractivity contribution is 0.0640. The molecule has 1 N–H and O–H groups in total. The number of carbonyl (C=O) groups excluding carboxylic acids is 2. The van der Waals surface area contributed by atoms with Gasteiger partial charge in [-0.2, -0.15) is 0 Å². The van der Waals surface area contributed by atoms with E-state index in [4.69, 9.17) is 4.74 Å². The molecular formula is C23H23N3O5S2. The number of hydrogen-bond donors (Lipinski definition) is 1. The van der Waals surface area contributed by atoms with Gasteiger partial charge in [0, 0.05) is 11.1 Å². The largest absolute Gasteiger partial charge is 0.495 e. The number of amides is 2. The molecule has 0 saturated heterocycles. The van der Waals surface area contributed by atoms with Gasteiger partial charge in [0.25, 0.3) is 11.8 Å². The van der Waals surface area contributed by atoms with Gasteiger partial charge in [-0.3, -0.25) is 19.5 Å². The molecule has 1 aliphatic heterocycles. The van der Waals surface area contributed by atoms with Gasteiger partial charge in [-0.25, -0.2) is 13.1 Å². The van der Waals surface area contributed by atoms with Gasteiger partial charge >= 0.3 is 0 Å². The molecule has 0 radical (unpaired) electrons. The Bertz CT molecular complexity index is 1270. The maximum absolute atomic E-state index is 13.4. The van der Waals surface area contributed by atoms with Gasteiger partial charge in [0.1, 0.15) is 16.3 Å². The van der Waals surface area contributed by atoms with Crippen molar-refractivity contribution in [2.24, 2.45) is 5.92 Å². The van der Waals surface area contributed by atoms with Crippen LogP contribution in [-0.2, 0) is 16.6 Å². The van der Waals surface area contributed by atoms with Crippen LogP contribution >= 0.6 is 11.3 Å². The van der Waals surface area contributed by atoms with Gasteiger partial charge in [0.15, 0.2) is 0 Å². The Hall–Kier alpha value is -3.08. The molecule has 0 spiro atoms. The number of nitrogens with one attached hydrogen (secondary N) is 1. The highest BCUT2D eigenvalue weighted by Crippen LogP contribution is 2.32. The standard InChI is InChI=1S/C23H23N3O5S2/c1-14(2)20(18-7-5-11-32-18)25-33(29,30)19-12-15(8-9-17(19)31-3)13-26-22(27)16-6-4-10-24-21(16)23(26)28/h4-12,14,20,25H,13H2,1-3H3/t20-/m0/s1.